The molecule has 5 heteroatoms. The Kier molecular flexibility index (Phi) is 2.33. The fourth-order valence-electron chi connectivity index (χ4n) is 2.13. The highest BCUT2D eigenvalue weighted by Crippen LogP contribution is 2.33. The fourth-order valence-corrected chi connectivity index (χ4v) is 2.13. The van der Waals surface area contributed by atoms with Gasteiger partial charge in [0.25, 0.3) is 0 Å². The Morgan fingerprint density at radius 1 is 1.50 bits per heavy atom. The number of hydrogen-bond donors (Lipinski definition) is 1. The average molecular weight is 245 g/mol. The second-order valence-electron chi connectivity index (χ2n) is 4.21. The summed E-state index contributed by atoms with van der Waals surface area (Å²) in [5, 5.41) is 2.69. The van der Waals surface area contributed by atoms with E-state index in [1.807, 2.05) is 0 Å². The van der Waals surface area contributed by atoms with E-state index in [0.717, 1.165) is 0 Å². The molecule has 2 aromatic heterocycles. The standard InChI is InChI=1S/C13H10FN3O.H2/c1-7-5-9-11(13(14)16-7)12-8(3-2-4-15-12)6-10(18)17-9;/h2-5H,6H2,1H3,(H,17,18);1H. The zero-order valence-corrected chi connectivity index (χ0v) is 9.70. The Hall–Kier alpha value is -2.30. The van der Waals surface area contributed by atoms with Gasteiger partial charge >= 0.3 is 0 Å². The van der Waals surface area contributed by atoms with Gasteiger partial charge in [-0.05, 0) is 24.6 Å². The first-order chi connectivity index (χ1) is 8.65. The van der Waals surface area contributed by atoms with Crippen LogP contribution in [0.5, 0.6) is 0 Å². The summed E-state index contributed by atoms with van der Waals surface area (Å²) in [4.78, 5) is 19.7. The maximum absolute atomic E-state index is 14.0. The molecule has 0 aromatic carbocycles. The maximum atomic E-state index is 14.0. The lowest BCUT2D eigenvalue weighted by Crippen LogP contribution is -2.13. The molecule has 3 rings (SSSR count). The van der Waals surface area contributed by atoms with Gasteiger partial charge < -0.3 is 5.32 Å². The second kappa shape index (κ2) is 3.87. The molecule has 0 unspecified atom stereocenters. The number of aryl methyl sites for hydroxylation is 1. The minimum absolute atomic E-state index is 0. The van der Waals surface area contributed by atoms with Crippen LogP contribution in [0, 0.1) is 12.9 Å². The molecule has 0 saturated heterocycles. The molecular formula is C13H12FN3O. The highest BCUT2D eigenvalue weighted by molar-refractivity contribution is 5.99. The molecule has 1 N–H and O–H groups in total. The Bertz CT molecular complexity index is 660. The summed E-state index contributed by atoms with van der Waals surface area (Å²) in [5.41, 5.74) is 2.41. The van der Waals surface area contributed by atoms with E-state index in [1.165, 1.54) is 0 Å². The van der Waals surface area contributed by atoms with Gasteiger partial charge in [-0.2, -0.15) is 4.39 Å². The number of nitrogens with zero attached hydrogens (tertiary/aromatic N) is 2. The van der Waals surface area contributed by atoms with Gasteiger partial charge in [-0.3, -0.25) is 9.78 Å². The van der Waals surface area contributed by atoms with Gasteiger partial charge in [-0.1, -0.05) is 6.07 Å². The SMILES string of the molecule is Cc1cc2c(c(F)n1)-c1ncccc1CC(=O)N2.[HH]. The van der Waals surface area contributed by atoms with Gasteiger partial charge in [0.2, 0.25) is 11.9 Å². The van der Waals surface area contributed by atoms with Crippen LogP contribution in [-0.2, 0) is 11.2 Å². The number of pyridine rings is 2. The smallest absolute Gasteiger partial charge is 0.228 e. The van der Waals surface area contributed by atoms with Crippen molar-refractivity contribution in [1.82, 2.24) is 9.97 Å². The second-order valence-corrected chi connectivity index (χ2v) is 4.21. The number of hydrogen-bond acceptors (Lipinski definition) is 3. The van der Waals surface area contributed by atoms with Crippen molar-refractivity contribution in [2.24, 2.45) is 0 Å². The first kappa shape index (κ1) is 10.8. The van der Waals surface area contributed by atoms with Crippen molar-refractivity contribution in [3.63, 3.8) is 0 Å². The van der Waals surface area contributed by atoms with E-state index in [9.17, 15) is 9.18 Å². The van der Waals surface area contributed by atoms with E-state index in [-0.39, 0.29) is 19.3 Å². The Labute approximate surface area is 104 Å². The van der Waals surface area contributed by atoms with Gasteiger partial charge in [0.1, 0.15) is 0 Å². The van der Waals surface area contributed by atoms with Crippen LogP contribution >= 0.6 is 0 Å². The molecule has 0 atom stereocenters. The lowest BCUT2D eigenvalue weighted by atomic mass is 10.0. The monoisotopic (exact) mass is 245 g/mol. The highest BCUT2D eigenvalue weighted by Gasteiger charge is 2.23. The van der Waals surface area contributed by atoms with E-state index < -0.39 is 5.95 Å². The molecule has 0 saturated carbocycles. The van der Waals surface area contributed by atoms with Gasteiger partial charge in [0.15, 0.2) is 0 Å². The number of fused-ring (bicyclic) bond motifs is 3. The zero-order valence-electron chi connectivity index (χ0n) is 9.70. The predicted octanol–water partition coefficient (Wildman–Crippen LogP) is 2.33. The zero-order chi connectivity index (χ0) is 12.7. The molecule has 0 spiro atoms. The Morgan fingerprint density at radius 2 is 2.33 bits per heavy atom. The maximum Gasteiger partial charge on any atom is 0.228 e. The Morgan fingerprint density at radius 3 is 3.17 bits per heavy atom. The number of carbonyl (C=O) groups excluding carboxylic acids is 1. The van der Waals surface area contributed by atoms with Crippen molar-refractivity contribution >= 4 is 11.6 Å². The van der Waals surface area contributed by atoms with Crippen LogP contribution < -0.4 is 5.32 Å². The summed E-state index contributed by atoms with van der Waals surface area (Å²) in [7, 11) is 0. The number of nitrogens with one attached hydrogen (secondary N) is 1. The predicted molar refractivity (Wildman–Crippen MR) is 66.6 cm³/mol. The quantitative estimate of drug-likeness (QED) is 0.725. The van der Waals surface area contributed by atoms with Crippen LogP contribution in [0.15, 0.2) is 24.4 Å². The van der Waals surface area contributed by atoms with Crippen molar-refractivity contribution in [3.05, 3.63) is 41.6 Å². The number of rotatable bonds is 0. The summed E-state index contributed by atoms with van der Waals surface area (Å²) in [6.45, 7) is 1.68. The van der Waals surface area contributed by atoms with Gasteiger partial charge in [0.05, 0.1) is 23.4 Å². The van der Waals surface area contributed by atoms with Gasteiger partial charge in [-0.15, -0.1) is 0 Å². The molecule has 3 heterocycles. The molecule has 1 amide bonds. The van der Waals surface area contributed by atoms with Crippen LogP contribution in [0.4, 0.5) is 10.1 Å². The first-order valence-electron chi connectivity index (χ1n) is 5.56. The lowest BCUT2D eigenvalue weighted by molar-refractivity contribution is -0.115. The number of carbonyl (C=O) groups is 1. The van der Waals surface area contributed by atoms with Crippen molar-refractivity contribution in [1.29, 1.82) is 0 Å². The van der Waals surface area contributed by atoms with E-state index in [2.05, 4.69) is 15.3 Å². The summed E-state index contributed by atoms with van der Waals surface area (Å²) < 4.78 is 14.0. The summed E-state index contributed by atoms with van der Waals surface area (Å²) in [5.74, 6) is -0.778. The number of amides is 1. The molecule has 1 aliphatic heterocycles. The molecular weight excluding hydrogens is 233 g/mol. The third-order valence-electron chi connectivity index (χ3n) is 2.86. The summed E-state index contributed by atoms with van der Waals surface area (Å²) in [6, 6.07) is 5.16. The number of anilines is 1. The molecule has 4 nitrogen and oxygen atoms in total. The van der Waals surface area contributed by atoms with Gasteiger partial charge in [0, 0.05) is 13.3 Å². The molecule has 0 aliphatic carbocycles. The molecule has 1 aliphatic rings. The topological polar surface area (TPSA) is 54.9 Å². The van der Waals surface area contributed by atoms with E-state index >= 15 is 0 Å². The Balaban J connectivity index is 0.00000133. The molecule has 0 fully saturated rings. The van der Waals surface area contributed by atoms with E-state index in [1.54, 1.807) is 31.3 Å². The van der Waals surface area contributed by atoms with Gasteiger partial charge in [-0.25, -0.2) is 4.98 Å². The van der Waals surface area contributed by atoms with Crippen LogP contribution in [0.1, 0.15) is 12.7 Å². The van der Waals surface area contributed by atoms with Crippen LogP contribution in [0.25, 0.3) is 11.3 Å². The van der Waals surface area contributed by atoms with Crippen molar-refractivity contribution in [2.45, 2.75) is 13.3 Å². The van der Waals surface area contributed by atoms with Crippen LogP contribution in [0.3, 0.4) is 0 Å². The minimum Gasteiger partial charge on any atom is -0.325 e. The molecule has 18 heavy (non-hydrogen) atoms. The third kappa shape index (κ3) is 1.64. The van der Waals surface area contributed by atoms with Crippen LogP contribution in [0.2, 0.25) is 0 Å². The fraction of sp³-hybridized carbons (Fsp3) is 0.154. The van der Waals surface area contributed by atoms with E-state index in [0.29, 0.717) is 22.6 Å². The molecule has 2 aromatic rings. The number of aromatic nitrogens is 2. The minimum atomic E-state index is -0.604. The molecule has 0 bridgehead atoms. The first-order valence-corrected chi connectivity index (χ1v) is 5.56. The van der Waals surface area contributed by atoms with Crippen molar-refractivity contribution < 1.29 is 10.6 Å². The van der Waals surface area contributed by atoms with Crippen LogP contribution in [-0.4, -0.2) is 15.9 Å². The molecule has 0 radical (unpaired) electrons. The van der Waals surface area contributed by atoms with Crippen molar-refractivity contribution in [2.75, 3.05) is 5.32 Å². The number of halogens is 1. The van der Waals surface area contributed by atoms with E-state index in [4.69, 9.17) is 0 Å². The molecule has 92 valence electrons. The highest BCUT2D eigenvalue weighted by atomic mass is 19.1. The van der Waals surface area contributed by atoms with Crippen molar-refractivity contribution in [3.8, 4) is 11.3 Å². The third-order valence-corrected chi connectivity index (χ3v) is 2.86. The largest absolute Gasteiger partial charge is 0.325 e. The summed E-state index contributed by atoms with van der Waals surface area (Å²) in [6.07, 6.45) is 1.77. The lowest BCUT2D eigenvalue weighted by Gasteiger charge is -2.09. The summed E-state index contributed by atoms with van der Waals surface area (Å²) >= 11 is 0. The normalized spacial score (nSPS) is 13.3. The average Bonchev–Trinajstić information content (AvgIpc) is 2.43.